The summed E-state index contributed by atoms with van der Waals surface area (Å²) in [6.07, 6.45) is 2.71. The van der Waals surface area contributed by atoms with Gasteiger partial charge in [-0.3, -0.25) is 4.99 Å². The first kappa shape index (κ1) is 24.4. The van der Waals surface area contributed by atoms with E-state index in [1.54, 1.807) is 12.1 Å². The molecule has 1 atom stereocenters. The zero-order chi connectivity index (χ0) is 20.6. The maximum atomic E-state index is 13.6. The molecule has 1 unspecified atom stereocenters. The lowest BCUT2D eigenvalue weighted by Crippen LogP contribution is -2.51. The summed E-state index contributed by atoms with van der Waals surface area (Å²) < 4.78 is 18.8. The van der Waals surface area contributed by atoms with E-state index in [2.05, 4.69) is 30.7 Å². The molecule has 0 bridgehead atoms. The fourth-order valence-corrected chi connectivity index (χ4v) is 3.38. The van der Waals surface area contributed by atoms with Crippen LogP contribution in [0.4, 0.5) is 10.1 Å². The third-order valence-corrected chi connectivity index (χ3v) is 4.88. The lowest BCUT2D eigenvalue weighted by molar-refractivity contribution is 0.372. The van der Waals surface area contributed by atoms with Gasteiger partial charge in [-0.15, -0.1) is 24.0 Å². The minimum Gasteiger partial charge on any atom is -0.369 e. The molecule has 2 heterocycles. The van der Waals surface area contributed by atoms with Crippen LogP contribution in [0.1, 0.15) is 51.2 Å². The molecular formula is C21H32FIN6O. The van der Waals surface area contributed by atoms with Gasteiger partial charge in [-0.1, -0.05) is 25.1 Å². The van der Waals surface area contributed by atoms with E-state index in [1.165, 1.54) is 6.07 Å². The molecule has 1 aliphatic heterocycles. The Morgan fingerprint density at radius 2 is 2.23 bits per heavy atom. The Hall–Kier alpha value is -1.91. The van der Waals surface area contributed by atoms with Crippen molar-refractivity contribution in [3.63, 3.8) is 0 Å². The average molecular weight is 530 g/mol. The van der Waals surface area contributed by atoms with Gasteiger partial charge in [-0.25, -0.2) is 4.39 Å². The number of nitrogens with zero attached hydrogens (tertiary/aromatic N) is 4. The molecule has 0 saturated carbocycles. The number of anilines is 1. The summed E-state index contributed by atoms with van der Waals surface area (Å²) in [5.41, 5.74) is 0.927. The molecule has 0 spiro atoms. The van der Waals surface area contributed by atoms with Gasteiger partial charge in [0, 0.05) is 43.7 Å². The van der Waals surface area contributed by atoms with Crippen LogP contribution in [0.3, 0.4) is 0 Å². The number of aliphatic imine (C=N–C) groups is 1. The maximum absolute atomic E-state index is 13.6. The topological polar surface area (TPSA) is 78.6 Å². The predicted molar refractivity (Wildman–Crippen MR) is 128 cm³/mol. The molecule has 1 saturated heterocycles. The Balaban J connectivity index is 0.00000320. The molecule has 1 fully saturated rings. The van der Waals surface area contributed by atoms with Crippen LogP contribution in [0, 0.1) is 5.82 Å². The molecule has 2 N–H and O–H groups in total. The summed E-state index contributed by atoms with van der Waals surface area (Å²) in [7, 11) is 0. The van der Waals surface area contributed by atoms with E-state index in [9.17, 15) is 4.39 Å². The Morgan fingerprint density at radius 1 is 1.40 bits per heavy atom. The third kappa shape index (κ3) is 7.10. The molecule has 9 heteroatoms. The van der Waals surface area contributed by atoms with Crippen molar-refractivity contribution >= 4 is 35.6 Å². The standard InChI is InChI=1S/C21H31FN6O.HI/c1-4-23-21(24-11-10-19-26-20(15(2)3)27-29-19)25-17-8-6-12-28(14-17)18-9-5-7-16(22)13-18;/h5,7,9,13,15,17H,4,6,8,10-12,14H2,1-3H3,(H2,23,24,25);1H. The Labute approximate surface area is 194 Å². The Morgan fingerprint density at radius 3 is 2.93 bits per heavy atom. The summed E-state index contributed by atoms with van der Waals surface area (Å²) >= 11 is 0. The first-order chi connectivity index (χ1) is 14.0. The average Bonchev–Trinajstić information content (AvgIpc) is 3.18. The number of rotatable bonds is 7. The largest absolute Gasteiger partial charge is 0.369 e. The van der Waals surface area contributed by atoms with Crippen molar-refractivity contribution in [1.29, 1.82) is 0 Å². The van der Waals surface area contributed by atoms with Crippen LogP contribution < -0.4 is 15.5 Å². The first-order valence-corrected chi connectivity index (χ1v) is 10.4. The Bertz CT molecular complexity index is 812. The summed E-state index contributed by atoms with van der Waals surface area (Å²) in [6.45, 7) is 9.22. The molecule has 1 aromatic carbocycles. The van der Waals surface area contributed by atoms with Crippen molar-refractivity contribution in [2.75, 3.05) is 31.1 Å². The van der Waals surface area contributed by atoms with Crippen LogP contribution in [-0.2, 0) is 6.42 Å². The number of nitrogens with one attached hydrogen (secondary N) is 2. The zero-order valence-corrected chi connectivity index (χ0v) is 20.2. The van der Waals surface area contributed by atoms with Gasteiger partial charge in [0.15, 0.2) is 11.8 Å². The van der Waals surface area contributed by atoms with Gasteiger partial charge in [0.2, 0.25) is 5.89 Å². The number of piperidine rings is 1. The second-order valence-electron chi connectivity index (χ2n) is 7.62. The fourth-order valence-electron chi connectivity index (χ4n) is 3.38. The lowest BCUT2D eigenvalue weighted by atomic mass is 10.0. The quantitative estimate of drug-likeness (QED) is 0.323. The molecule has 0 radical (unpaired) electrons. The van der Waals surface area contributed by atoms with Crippen LogP contribution in [0.5, 0.6) is 0 Å². The van der Waals surface area contributed by atoms with Crippen molar-refractivity contribution in [1.82, 2.24) is 20.8 Å². The van der Waals surface area contributed by atoms with E-state index in [1.807, 2.05) is 26.8 Å². The smallest absolute Gasteiger partial charge is 0.228 e. The van der Waals surface area contributed by atoms with Crippen molar-refractivity contribution in [3.8, 4) is 0 Å². The van der Waals surface area contributed by atoms with E-state index >= 15 is 0 Å². The van der Waals surface area contributed by atoms with Crippen LogP contribution in [-0.4, -0.2) is 48.3 Å². The van der Waals surface area contributed by atoms with Gasteiger partial charge in [0.1, 0.15) is 5.82 Å². The number of hydrogen-bond acceptors (Lipinski definition) is 5. The van der Waals surface area contributed by atoms with Gasteiger partial charge < -0.3 is 20.1 Å². The van der Waals surface area contributed by atoms with E-state index in [-0.39, 0.29) is 41.8 Å². The number of hydrogen-bond donors (Lipinski definition) is 2. The Kier molecular flexibility index (Phi) is 9.80. The summed E-state index contributed by atoms with van der Waals surface area (Å²) in [6, 6.07) is 7.04. The van der Waals surface area contributed by atoms with Crippen LogP contribution in [0.2, 0.25) is 0 Å². The molecule has 0 aliphatic carbocycles. The van der Waals surface area contributed by atoms with E-state index in [0.717, 1.165) is 49.9 Å². The second-order valence-corrected chi connectivity index (χ2v) is 7.62. The molecule has 1 aliphatic rings. The molecule has 30 heavy (non-hydrogen) atoms. The molecule has 166 valence electrons. The van der Waals surface area contributed by atoms with Gasteiger partial charge >= 0.3 is 0 Å². The minimum atomic E-state index is -0.200. The van der Waals surface area contributed by atoms with Gasteiger partial charge in [0.05, 0.1) is 6.54 Å². The molecule has 0 amide bonds. The van der Waals surface area contributed by atoms with Crippen LogP contribution in [0.15, 0.2) is 33.8 Å². The van der Waals surface area contributed by atoms with Crippen LogP contribution >= 0.6 is 24.0 Å². The van der Waals surface area contributed by atoms with Crippen molar-refractivity contribution in [2.24, 2.45) is 4.99 Å². The fraction of sp³-hybridized carbons (Fsp3) is 0.571. The lowest BCUT2D eigenvalue weighted by Gasteiger charge is -2.35. The minimum absolute atomic E-state index is 0. The predicted octanol–water partition coefficient (Wildman–Crippen LogP) is 3.72. The number of halogens is 2. The maximum Gasteiger partial charge on any atom is 0.228 e. The normalized spacial score (nSPS) is 17.0. The van der Waals surface area contributed by atoms with Gasteiger partial charge in [0.25, 0.3) is 0 Å². The van der Waals surface area contributed by atoms with Crippen molar-refractivity contribution in [3.05, 3.63) is 41.8 Å². The first-order valence-electron chi connectivity index (χ1n) is 10.4. The van der Waals surface area contributed by atoms with Crippen molar-refractivity contribution in [2.45, 2.75) is 52.0 Å². The third-order valence-electron chi connectivity index (χ3n) is 4.88. The molecule has 1 aromatic heterocycles. The highest BCUT2D eigenvalue weighted by Gasteiger charge is 2.21. The van der Waals surface area contributed by atoms with E-state index < -0.39 is 0 Å². The number of benzene rings is 1. The number of aromatic nitrogens is 2. The highest BCUT2D eigenvalue weighted by atomic mass is 127. The SMILES string of the molecule is CCNC(=NCCc1nc(C(C)C)no1)NC1CCCN(c2cccc(F)c2)C1.I. The number of guanidine groups is 1. The van der Waals surface area contributed by atoms with Crippen molar-refractivity contribution < 1.29 is 8.91 Å². The summed E-state index contributed by atoms with van der Waals surface area (Å²) in [4.78, 5) is 11.3. The molecule has 2 aromatic rings. The van der Waals surface area contributed by atoms with Gasteiger partial charge in [-0.2, -0.15) is 4.98 Å². The molecular weight excluding hydrogens is 498 g/mol. The van der Waals surface area contributed by atoms with E-state index in [0.29, 0.717) is 18.9 Å². The summed E-state index contributed by atoms with van der Waals surface area (Å²) in [5, 5.41) is 10.8. The highest BCUT2D eigenvalue weighted by Crippen LogP contribution is 2.20. The monoisotopic (exact) mass is 530 g/mol. The summed E-state index contributed by atoms with van der Waals surface area (Å²) in [5.74, 6) is 2.18. The van der Waals surface area contributed by atoms with Crippen LogP contribution in [0.25, 0.3) is 0 Å². The van der Waals surface area contributed by atoms with Gasteiger partial charge in [-0.05, 0) is 38.0 Å². The molecule has 7 nitrogen and oxygen atoms in total. The second kappa shape index (κ2) is 12.1. The van der Waals surface area contributed by atoms with E-state index in [4.69, 9.17) is 4.52 Å². The molecule has 3 rings (SSSR count). The zero-order valence-electron chi connectivity index (χ0n) is 17.9. The highest BCUT2D eigenvalue weighted by molar-refractivity contribution is 14.0.